The summed E-state index contributed by atoms with van der Waals surface area (Å²) in [7, 11) is 6.28. The topological polar surface area (TPSA) is 92.3 Å². The van der Waals surface area contributed by atoms with Crippen molar-refractivity contribution in [2.75, 3.05) is 41.7 Å². The number of benzene rings is 2. The Morgan fingerprint density at radius 3 is 2.30 bits per heavy atom. The Bertz CT molecular complexity index is 1250. The number of rotatable bonds is 9. The van der Waals surface area contributed by atoms with Gasteiger partial charge in [-0.15, -0.1) is 0 Å². The van der Waals surface area contributed by atoms with E-state index in [-0.39, 0.29) is 31.3 Å². The standard InChI is InChI=1S/C29H33NO7/c1-17-25(29(32)37-14-13-33-2)26(20-10-8-12-24(35-4)28(20)36-5)27-21(30-17)15-18(16-22(27)31)19-9-6-7-11-23(19)34-3/h6-12,18,26,30H,13-16H2,1-5H3/t18-,26-/m0/s1. The zero-order chi connectivity index (χ0) is 26.5. The third kappa shape index (κ3) is 5.06. The molecule has 0 unspecified atom stereocenters. The number of Topliss-reactive ketones (excluding diaryl/α,β-unsaturated/α-hetero) is 1. The highest BCUT2D eigenvalue weighted by Crippen LogP contribution is 2.50. The molecular weight excluding hydrogens is 474 g/mol. The van der Waals surface area contributed by atoms with Gasteiger partial charge in [0.2, 0.25) is 0 Å². The van der Waals surface area contributed by atoms with Crippen molar-refractivity contribution in [1.82, 2.24) is 5.32 Å². The third-order valence-electron chi connectivity index (χ3n) is 6.89. The zero-order valence-corrected chi connectivity index (χ0v) is 21.9. The fourth-order valence-electron chi connectivity index (χ4n) is 5.28. The van der Waals surface area contributed by atoms with Crippen LogP contribution in [0.1, 0.15) is 42.7 Å². The smallest absolute Gasteiger partial charge is 0.336 e. The lowest BCUT2D eigenvalue weighted by molar-refractivity contribution is -0.140. The summed E-state index contributed by atoms with van der Waals surface area (Å²) in [6.45, 7) is 2.20. The van der Waals surface area contributed by atoms with E-state index in [0.29, 0.717) is 40.3 Å². The molecule has 1 aliphatic carbocycles. The van der Waals surface area contributed by atoms with Crippen LogP contribution >= 0.6 is 0 Å². The minimum absolute atomic E-state index is 0.0470. The summed E-state index contributed by atoms with van der Waals surface area (Å²) in [5.74, 6) is 0.436. The minimum Gasteiger partial charge on any atom is -0.496 e. The van der Waals surface area contributed by atoms with E-state index in [1.807, 2.05) is 43.3 Å². The molecule has 1 heterocycles. The molecule has 0 saturated heterocycles. The van der Waals surface area contributed by atoms with Crippen molar-refractivity contribution in [3.05, 3.63) is 76.1 Å². The first-order chi connectivity index (χ1) is 17.9. The molecule has 196 valence electrons. The predicted octanol–water partition coefficient (Wildman–Crippen LogP) is 4.26. The number of ketones is 1. The van der Waals surface area contributed by atoms with Crippen LogP contribution in [0.5, 0.6) is 17.2 Å². The Balaban J connectivity index is 1.84. The maximum atomic E-state index is 13.9. The van der Waals surface area contributed by atoms with Gasteiger partial charge in [0, 0.05) is 42.0 Å². The van der Waals surface area contributed by atoms with E-state index in [4.69, 9.17) is 23.7 Å². The van der Waals surface area contributed by atoms with E-state index in [1.165, 1.54) is 0 Å². The van der Waals surface area contributed by atoms with Crippen LogP contribution in [0.3, 0.4) is 0 Å². The first-order valence-corrected chi connectivity index (χ1v) is 12.2. The number of para-hydroxylation sites is 2. The Morgan fingerprint density at radius 2 is 1.59 bits per heavy atom. The summed E-state index contributed by atoms with van der Waals surface area (Å²) in [6, 6.07) is 13.2. The molecule has 0 saturated carbocycles. The van der Waals surface area contributed by atoms with Crippen molar-refractivity contribution in [2.45, 2.75) is 31.6 Å². The number of dihydropyridines is 1. The van der Waals surface area contributed by atoms with E-state index in [9.17, 15) is 9.59 Å². The monoisotopic (exact) mass is 507 g/mol. The van der Waals surface area contributed by atoms with Gasteiger partial charge < -0.3 is 29.0 Å². The summed E-state index contributed by atoms with van der Waals surface area (Å²) in [5.41, 5.74) is 3.97. The van der Waals surface area contributed by atoms with E-state index in [0.717, 1.165) is 17.0 Å². The number of hydrogen-bond donors (Lipinski definition) is 1. The molecule has 0 radical (unpaired) electrons. The second kappa shape index (κ2) is 11.5. The second-order valence-corrected chi connectivity index (χ2v) is 8.97. The second-order valence-electron chi connectivity index (χ2n) is 8.97. The van der Waals surface area contributed by atoms with Crippen molar-refractivity contribution < 1.29 is 33.3 Å². The van der Waals surface area contributed by atoms with Gasteiger partial charge in [-0.3, -0.25) is 4.79 Å². The molecule has 2 atom stereocenters. The molecule has 0 bridgehead atoms. The van der Waals surface area contributed by atoms with Gasteiger partial charge in [0.1, 0.15) is 12.4 Å². The first-order valence-electron chi connectivity index (χ1n) is 12.2. The van der Waals surface area contributed by atoms with Crippen molar-refractivity contribution in [3.8, 4) is 17.2 Å². The molecule has 0 fully saturated rings. The molecule has 2 aromatic carbocycles. The summed E-state index contributed by atoms with van der Waals surface area (Å²) in [4.78, 5) is 27.3. The van der Waals surface area contributed by atoms with Crippen LogP contribution in [-0.4, -0.2) is 53.4 Å². The maximum Gasteiger partial charge on any atom is 0.336 e. The zero-order valence-electron chi connectivity index (χ0n) is 21.9. The summed E-state index contributed by atoms with van der Waals surface area (Å²) in [6.07, 6.45) is 0.877. The Labute approximate surface area is 217 Å². The van der Waals surface area contributed by atoms with Crippen molar-refractivity contribution >= 4 is 11.8 Å². The fraction of sp³-hybridized carbons (Fsp3) is 0.379. The van der Waals surface area contributed by atoms with E-state index in [1.54, 1.807) is 34.5 Å². The SMILES string of the molecule is COCCOC(=O)C1=C(C)NC2=C(C(=O)C[C@@H](c3ccccc3OC)C2)[C@H]1c1cccc(OC)c1OC. The number of allylic oxidation sites excluding steroid dienone is 3. The van der Waals surface area contributed by atoms with Crippen LogP contribution in [-0.2, 0) is 19.1 Å². The average molecular weight is 508 g/mol. The lowest BCUT2D eigenvalue weighted by Gasteiger charge is -2.37. The number of carbonyl (C=O) groups is 2. The highest BCUT2D eigenvalue weighted by molar-refractivity contribution is 6.04. The number of ether oxygens (including phenoxy) is 5. The quantitative estimate of drug-likeness (QED) is 0.398. The van der Waals surface area contributed by atoms with Gasteiger partial charge in [0.05, 0.1) is 39.4 Å². The molecule has 4 rings (SSSR count). The molecule has 2 aromatic rings. The van der Waals surface area contributed by atoms with Crippen molar-refractivity contribution in [1.29, 1.82) is 0 Å². The van der Waals surface area contributed by atoms with E-state index in [2.05, 4.69) is 5.32 Å². The molecule has 1 aliphatic heterocycles. The Kier molecular flexibility index (Phi) is 8.18. The lowest BCUT2D eigenvalue weighted by atomic mass is 9.71. The number of carbonyl (C=O) groups excluding carboxylic acids is 2. The van der Waals surface area contributed by atoms with E-state index >= 15 is 0 Å². The summed E-state index contributed by atoms with van der Waals surface area (Å²) < 4.78 is 27.4. The summed E-state index contributed by atoms with van der Waals surface area (Å²) in [5, 5.41) is 3.37. The number of nitrogens with one attached hydrogen (secondary N) is 1. The van der Waals surface area contributed by atoms with Crippen LogP contribution in [0.25, 0.3) is 0 Å². The molecular formula is C29H33NO7. The molecule has 37 heavy (non-hydrogen) atoms. The molecule has 8 heteroatoms. The predicted molar refractivity (Wildman–Crippen MR) is 138 cm³/mol. The number of hydrogen-bond acceptors (Lipinski definition) is 8. The average Bonchev–Trinajstić information content (AvgIpc) is 2.91. The molecule has 2 aliphatic rings. The van der Waals surface area contributed by atoms with Gasteiger partial charge in [-0.25, -0.2) is 4.79 Å². The van der Waals surface area contributed by atoms with Gasteiger partial charge in [-0.1, -0.05) is 30.3 Å². The third-order valence-corrected chi connectivity index (χ3v) is 6.89. The van der Waals surface area contributed by atoms with Crippen LogP contribution in [0.2, 0.25) is 0 Å². The highest BCUT2D eigenvalue weighted by atomic mass is 16.6. The number of esters is 1. The minimum atomic E-state index is -0.678. The van der Waals surface area contributed by atoms with E-state index < -0.39 is 11.9 Å². The van der Waals surface area contributed by atoms with Crippen LogP contribution in [0.4, 0.5) is 0 Å². The molecule has 8 nitrogen and oxygen atoms in total. The van der Waals surface area contributed by atoms with Gasteiger partial charge in [-0.05, 0) is 31.0 Å². The fourth-order valence-corrected chi connectivity index (χ4v) is 5.28. The lowest BCUT2D eigenvalue weighted by Crippen LogP contribution is -2.36. The van der Waals surface area contributed by atoms with Crippen LogP contribution in [0, 0.1) is 0 Å². The molecule has 0 amide bonds. The summed E-state index contributed by atoms with van der Waals surface area (Å²) >= 11 is 0. The Morgan fingerprint density at radius 1 is 0.892 bits per heavy atom. The molecule has 0 spiro atoms. The first kappa shape index (κ1) is 26.3. The normalized spacial score (nSPS) is 19.2. The van der Waals surface area contributed by atoms with Crippen LogP contribution < -0.4 is 19.5 Å². The van der Waals surface area contributed by atoms with Gasteiger partial charge in [0.25, 0.3) is 0 Å². The Hall–Kier alpha value is -3.78. The molecule has 0 aromatic heterocycles. The maximum absolute atomic E-state index is 13.9. The van der Waals surface area contributed by atoms with Gasteiger partial charge in [-0.2, -0.15) is 0 Å². The number of methoxy groups -OCH3 is 4. The van der Waals surface area contributed by atoms with Gasteiger partial charge in [0.15, 0.2) is 17.3 Å². The van der Waals surface area contributed by atoms with Crippen LogP contribution in [0.15, 0.2) is 65.0 Å². The van der Waals surface area contributed by atoms with Crippen molar-refractivity contribution in [2.24, 2.45) is 0 Å². The largest absolute Gasteiger partial charge is 0.496 e. The molecule has 1 N–H and O–H groups in total. The van der Waals surface area contributed by atoms with Crippen molar-refractivity contribution in [3.63, 3.8) is 0 Å². The van der Waals surface area contributed by atoms with Gasteiger partial charge >= 0.3 is 5.97 Å². The highest BCUT2D eigenvalue weighted by Gasteiger charge is 2.43.